The molecule has 1 N–H and O–H groups in total. The number of benzene rings is 1. The lowest BCUT2D eigenvalue weighted by Crippen LogP contribution is -2.48. The first-order chi connectivity index (χ1) is 13.3. The quantitative estimate of drug-likeness (QED) is 0.377. The Morgan fingerprint density at radius 2 is 2.07 bits per heavy atom. The lowest BCUT2D eigenvalue weighted by molar-refractivity contribution is -0.00837. The van der Waals surface area contributed by atoms with Gasteiger partial charge >= 0.3 is 0 Å². The Labute approximate surface area is 191 Å². The molecule has 6 nitrogen and oxygen atoms in total. The molecule has 2 heterocycles. The van der Waals surface area contributed by atoms with E-state index in [0.29, 0.717) is 19.0 Å². The first-order valence-electron chi connectivity index (χ1n) is 9.87. The van der Waals surface area contributed by atoms with Crippen LogP contribution in [0.1, 0.15) is 55.2 Å². The maximum atomic E-state index is 6.06. The van der Waals surface area contributed by atoms with Gasteiger partial charge in [0.05, 0.1) is 25.9 Å². The zero-order chi connectivity index (χ0) is 20.3. The Morgan fingerprint density at radius 3 is 2.69 bits per heavy atom. The summed E-state index contributed by atoms with van der Waals surface area (Å²) in [6, 6.07) is 6.53. The molecular weight excluding hydrogens is 479 g/mol. The van der Waals surface area contributed by atoms with E-state index >= 15 is 0 Å². The van der Waals surface area contributed by atoms with Crippen molar-refractivity contribution < 1.29 is 9.15 Å². The van der Waals surface area contributed by atoms with Gasteiger partial charge in [-0.3, -0.25) is 4.99 Å². The minimum absolute atomic E-state index is 0. The number of hydrogen-bond acceptors (Lipinski definition) is 4. The van der Waals surface area contributed by atoms with Crippen LogP contribution in [0.5, 0.6) is 0 Å². The molecule has 1 atom stereocenters. The van der Waals surface area contributed by atoms with Crippen molar-refractivity contribution in [3.8, 4) is 0 Å². The molecule has 0 spiro atoms. The Bertz CT molecular complexity index is 842. The Hall–Kier alpha value is -1.61. The fraction of sp³-hybridized carbons (Fsp3) is 0.545. The lowest BCUT2D eigenvalue weighted by Gasteiger charge is -2.35. The van der Waals surface area contributed by atoms with Crippen molar-refractivity contribution in [1.82, 2.24) is 15.2 Å². The molecule has 0 amide bonds. The molecule has 3 rings (SSSR count). The molecule has 1 saturated heterocycles. The van der Waals surface area contributed by atoms with Gasteiger partial charge in [-0.05, 0) is 25.0 Å². The van der Waals surface area contributed by atoms with E-state index in [1.807, 2.05) is 6.20 Å². The van der Waals surface area contributed by atoms with Gasteiger partial charge in [-0.15, -0.1) is 24.0 Å². The monoisotopic (exact) mass is 512 g/mol. The van der Waals surface area contributed by atoms with Crippen LogP contribution in [0.15, 0.2) is 33.8 Å². The van der Waals surface area contributed by atoms with E-state index in [0.717, 1.165) is 24.8 Å². The average Bonchev–Trinajstić information content (AvgIpc) is 3.12. The van der Waals surface area contributed by atoms with Gasteiger partial charge in [0.15, 0.2) is 5.96 Å². The van der Waals surface area contributed by atoms with Crippen molar-refractivity contribution in [2.24, 2.45) is 4.99 Å². The molecule has 1 aliphatic heterocycles. The van der Waals surface area contributed by atoms with Gasteiger partial charge in [-0.25, -0.2) is 4.98 Å². The van der Waals surface area contributed by atoms with Crippen LogP contribution in [0.25, 0.3) is 0 Å². The van der Waals surface area contributed by atoms with Gasteiger partial charge in [0, 0.05) is 19.0 Å². The number of rotatable bonds is 3. The predicted octanol–water partition coefficient (Wildman–Crippen LogP) is 4.36. The number of nitrogens with zero attached hydrogens (tertiary/aromatic N) is 3. The lowest BCUT2D eigenvalue weighted by atomic mass is 9.94. The van der Waals surface area contributed by atoms with Gasteiger partial charge in [-0.1, -0.05) is 44.5 Å². The minimum Gasteiger partial charge on any atom is -0.443 e. The number of aromatic nitrogens is 1. The largest absolute Gasteiger partial charge is 0.443 e. The van der Waals surface area contributed by atoms with Crippen LogP contribution >= 0.6 is 24.0 Å². The summed E-state index contributed by atoms with van der Waals surface area (Å²) in [5.41, 5.74) is 3.74. The van der Waals surface area contributed by atoms with Crippen LogP contribution in [0, 0.1) is 13.8 Å². The van der Waals surface area contributed by atoms with E-state index in [1.54, 1.807) is 7.05 Å². The minimum atomic E-state index is -0.0454. The highest BCUT2D eigenvalue weighted by molar-refractivity contribution is 14.0. The molecular formula is C22H33IN4O2. The number of ether oxygens (including phenoxy) is 1. The molecule has 1 fully saturated rings. The van der Waals surface area contributed by atoms with Crippen LogP contribution in [0.4, 0.5) is 0 Å². The number of morpholine rings is 1. The van der Waals surface area contributed by atoms with E-state index < -0.39 is 0 Å². The normalized spacial score (nSPS) is 17.8. The second-order valence-electron chi connectivity index (χ2n) is 8.43. The molecule has 0 saturated carbocycles. The highest BCUT2D eigenvalue weighted by Crippen LogP contribution is 2.26. The number of aliphatic imine (C=N–C) groups is 1. The fourth-order valence-electron chi connectivity index (χ4n) is 3.44. The summed E-state index contributed by atoms with van der Waals surface area (Å²) >= 11 is 0. The summed E-state index contributed by atoms with van der Waals surface area (Å²) in [6.07, 6.45) is 1.85. The maximum absolute atomic E-state index is 6.06. The average molecular weight is 512 g/mol. The molecule has 1 aromatic heterocycles. The number of nitrogens with one attached hydrogen (secondary N) is 1. The zero-order valence-electron chi connectivity index (χ0n) is 18.3. The number of oxazole rings is 1. The summed E-state index contributed by atoms with van der Waals surface area (Å²) in [4.78, 5) is 11.1. The van der Waals surface area contributed by atoms with E-state index in [9.17, 15) is 0 Å². The molecule has 1 aromatic carbocycles. The summed E-state index contributed by atoms with van der Waals surface area (Å²) < 4.78 is 11.9. The van der Waals surface area contributed by atoms with E-state index in [1.165, 1.54) is 16.7 Å². The molecule has 7 heteroatoms. The first-order valence-corrected chi connectivity index (χ1v) is 9.87. The number of guanidine groups is 1. The first kappa shape index (κ1) is 23.7. The maximum Gasteiger partial charge on any atom is 0.213 e. The molecule has 0 aliphatic carbocycles. The van der Waals surface area contributed by atoms with Gasteiger partial charge < -0.3 is 19.4 Å². The Kier molecular flexibility index (Phi) is 8.10. The smallest absolute Gasteiger partial charge is 0.213 e. The van der Waals surface area contributed by atoms with E-state index in [4.69, 9.17) is 9.15 Å². The second kappa shape index (κ2) is 9.93. The molecule has 1 unspecified atom stereocenters. The van der Waals surface area contributed by atoms with Crippen molar-refractivity contribution in [1.29, 1.82) is 0 Å². The molecule has 29 heavy (non-hydrogen) atoms. The van der Waals surface area contributed by atoms with Crippen LogP contribution < -0.4 is 5.32 Å². The van der Waals surface area contributed by atoms with Crippen molar-refractivity contribution in [2.45, 2.75) is 52.7 Å². The molecule has 1 aliphatic rings. The van der Waals surface area contributed by atoms with Gasteiger partial charge in [-0.2, -0.15) is 0 Å². The predicted molar refractivity (Wildman–Crippen MR) is 127 cm³/mol. The van der Waals surface area contributed by atoms with E-state index in [-0.39, 0.29) is 35.5 Å². The topological polar surface area (TPSA) is 62.9 Å². The summed E-state index contributed by atoms with van der Waals surface area (Å²) in [5.74, 6) is 2.40. The Balaban J connectivity index is 0.00000300. The fourth-order valence-corrected chi connectivity index (χ4v) is 3.44. The highest BCUT2D eigenvalue weighted by Gasteiger charge is 2.25. The van der Waals surface area contributed by atoms with Crippen molar-refractivity contribution >= 4 is 29.9 Å². The summed E-state index contributed by atoms with van der Waals surface area (Å²) in [5, 5.41) is 3.38. The van der Waals surface area contributed by atoms with Crippen molar-refractivity contribution in [2.75, 3.05) is 26.7 Å². The highest BCUT2D eigenvalue weighted by atomic mass is 127. The SMILES string of the molecule is CN=C(NCc1ncc(C(C)(C)C)o1)N1CCOC(c2ccc(C)cc2C)C1.I. The van der Waals surface area contributed by atoms with Crippen LogP contribution in [0.2, 0.25) is 0 Å². The van der Waals surface area contributed by atoms with Crippen molar-refractivity contribution in [3.05, 3.63) is 52.7 Å². The zero-order valence-corrected chi connectivity index (χ0v) is 20.6. The van der Waals surface area contributed by atoms with Crippen LogP contribution in [-0.4, -0.2) is 42.6 Å². The van der Waals surface area contributed by atoms with Crippen LogP contribution in [-0.2, 0) is 16.7 Å². The van der Waals surface area contributed by atoms with Crippen molar-refractivity contribution in [3.63, 3.8) is 0 Å². The van der Waals surface area contributed by atoms with Crippen LogP contribution in [0.3, 0.4) is 0 Å². The molecule has 0 radical (unpaired) electrons. The third-order valence-corrected chi connectivity index (χ3v) is 5.04. The standard InChI is InChI=1S/C22H32N4O2.HI/c1-15-7-8-17(16(2)11-15)18-14-26(9-10-27-18)21(23-6)25-13-20-24-12-19(28-20)22(3,4)5;/h7-8,11-12,18H,9-10,13-14H2,1-6H3,(H,23,25);1H. The third-order valence-electron chi connectivity index (χ3n) is 5.04. The summed E-state index contributed by atoms with van der Waals surface area (Å²) in [7, 11) is 1.81. The number of hydrogen-bond donors (Lipinski definition) is 1. The summed E-state index contributed by atoms with van der Waals surface area (Å²) in [6.45, 7) is 13.4. The van der Waals surface area contributed by atoms with Gasteiger partial charge in [0.25, 0.3) is 0 Å². The molecule has 0 bridgehead atoms. The third kappa shape index (κ3) is 5.94. The van der Waals surface area contributed by atoms with Gasteiger partial charge in [0.2, 0.25) is 5.89 Å². The Morgan fingerprint density at radius 1 is 1.31 bits per heavy atom. The molecule has 160 valence electrons. The van der Waals surface area contributed by atoms with E-state index in [2.05, 4.69) is 73.0 Å². The number of aryl methyl sites for hydroxylation is 2. The molecule has 2 aromatic rings. The van der Waals surface area contributed by atoms with Gasteiger partial charge in [0.1, 0.15) is 11.9 Å². The second-order valence-corrected chi connectivity index (χ2v) is 8.43. The number of halogens is 1.